The second kappa shape index (κ2) is 3.28. The maximum absolute atomic E-state index is 10.4. The van der Waals surface area contributed by atoms with Gasteiger partial charge in [0.05, 0.1) is 0 Å². The maximum atomic E-state index is 10.4. The third-order valence-electron chi connectivity index (χ3n) is 1.22. The van der Waals surface area contributed by atoms with Crippen molar-refractivity contribution >= 4 is 29.0 Å². The molecule has 0 aliphatic rings. The summed E-state index contributed by atoms with van der Waals surface area (Å²) in [4.78, 5) is 15.0. The smallest absolute Gasteiger partial charge is 0.346 e. The number of nitrogens with zero attached hydrogens (tertiary/aromatic N) is 2. The van der Waals surface area contributed by atoms with Crippen LogP contribution in [0.3, 0.4) is 0 Å². The summed E-state index contributed by atoms with van der Waals surface area (Å²) >= 11 is 10.9. The predicted molar refractivity (Wildman–Crippen MR) is 44.4 cm³/mol. The molecule has 7 heteroatoms. The molecule has 0 aliphatic carbocycles. The van der Waals surface area contributed by atoms with E-state index in [0.29, 0.717) is 5.82 Å². The molecule has 0 saturated carbocycles. The lowest BCUT2D eigenvalue weighted by Crippen LogP contribution is -1.93. The largest absolute Gasteiger partial charge is 0.358 e. The van der Waals surface area contributed by atoms with Gasteiger partial charge >= 0.3 is 5.82 Å². The molecular formula is C5H5Cl2N3O2. The van der Waals surface area contributed by atoms with Crippen molar-refractivity contribution < 1.29 is 4.92 Å². The van der Waals surface area contributed by atoms with Crippen LogP contribution in [0.5, 0.6) is 0 Å². The Morgan fingerprint density at radius 2 is 2.25 bits per heavy atom. The van der Waals surface area contributed by atoms with Crippen LogP contribution in [-0.2, 0) is 0 Å². The van der Waals surface area contributed by atoms with Crippen molar-refractivity contribution in [1.29, 1.82) is 0 Å². The molecule has 0 fully saturated rings. The number of aromatic amines is 1. The topological polar surface area (TPSA) is 71.8 Å². The molecule has 1 N–H and O–H groups in total. The Kier molecular flexibility index (Phi) is 2.54. The van der Waals surface area contributed by atoms with Crippen LogP contribution in [-0.4, -0.2) is 14.9 Å². The van der Waals surface area contributed by atoms with E-state index < -0.39 is 9.76 Å². The van der Waals surface area contributed by atoms with Gasteiger partial charge in [-0.1, -0.05) is 23.2 Å². The Labute approximate surface area is 77.8 Å². The van der Waals surface area contributed by atoms with Gasteiger partial charge in [0.25, 0.3) is 0 Å². The Morgan fingerprint density at radius 3 is 2.58 bits per heavy atom. The number of aromatic nitrogens is 2. The molecule has 0 aromatic carbocycles. The lowest BCUT2D eigenvalue weighted by Gasteiger charge is -1.95. The molecule has 0 radical (unpaired) electrons. The van der Waals surface area contributed by atoms with Crippen molar-refractivity contribution in [3.05, 3.63) is 21.6 Å². The monoisotopic (exact) mass is 209 g/mol. The fraction of sp³-hybridized carbons (Fsp3) is 0.400. The molecule has 0 atom stereocenters. The number of nitrogens with one attached hydrogen (secondary N) is 1. The minimum Gasteiger partial charge on any atom is -0.358 e. The van der Waals surface area contributed by atoms with E-state index in [1.807, 2.05) is 0 Å². The third-order valence-corrected chi connectivity index (χ3v) is 1.63. The molecule has 5 nitrogen and oxygen atoms in total. The van der Waals surface area contributed by atoms with Gasteiger partial charge in [-0.2, -0.15) is 0 Å². The van der Waals surface area contributed by atoms with E-state index in [1.54, 1.807) is 6.92 Å². The third kappa shape index (κ3) is 1.67. The summed E-state index contributed by atoms with van der Waals surface area (Å²) in [6.07, 6.45) is 0. The standard InChI is InChI=1S/C5H5Cl2N3O2/c1-2-8-3(4(6)7)5(9-2)10(11)12/h4H,1H3,(H,8,9). The Balaban J connectivity index is 3.17. The first kappa shape index (κ1) is 9.28. The molecule has 1 aromatic rings. The van der Waals surface area contributed by atoms with E-state index >= 15 is 0 Å². The van der Waals surface area contributed by atoms with Crippen LogP contribution in [0, 0.1) is 17.0 Å². The molecule has 0 bridgehead atoms. The first-order valence-corrected chi connectivity index (χ1v) is 3.88. The van der Waals surface area contributed by atoms with Gasteiger partial charge in [-0.3, -0.25) is 0 Å². The van der Waals surface area contributed by atoms with Crippen molar-refractivity contribution in [1.82, 2.24) is 9.97 Å². The second-order valence-corrected chi connectivity index (χ2v) is 3.21. The quantitative estimate of drug-likeness (QED) is 0.461. The van der Waals surface area contributed by atoms with Crippen molar-refractivity contribution in [2.24, 2.45) is 0 Å². The van der Waals surface area contributed by atoms with Gasteiger partial charge in [0, 0.05) is 6.92 Å². The molecule has 12 heavy (non-hydrogen) atoms. The van der Waals surface area contributed by atoms with E-state index in [4.69, 9.17) is 23.2 Å². The molecule has 0 spiro atoms. The van der Waals surface area contributed by atoms with E-state index in [0.717, 1.165) is 0 Å². The van der Waals surface area contributed by atoms with Gasteiger partial charge in [0.1, 0.15) is 0 Å². The summed E-state index contributed by atoms with van der Waals surface area (Å²) in [6, 6.07) is 0. The number of alkyl halides is 2. The van der Waals surface area contributed by atoms with Gasteiger partial charge < -0.3 is 10.1 Å². The summed E-state index contributed by atoms with van der Waals surface area (Å²) in [7, 11) is 0. The van der Waals surface area contributed by atoms with Gasteiger partial charge in [0.2, 0.25) is 0 Å². The van der Waals surface area contributed by atoms with Crippen molar-refractivity contribution in [2.45, 2.75) is 11.8 Å². The van der Waals surface area contributed by atoms with Gasteiger partial charge in [-0.25, -0.2) is 9.97 Å². The highest BCUT2D eigenvalue weighted by Gasteiger charge is 2.22. The lowest BCUT2D eigenvalue weighted by molar-refractivity contribution is -0.390. The molecular weight excluding hydrogens is 205 g/mol. The Hall–Kier alpha value is -0.810. The highest BCUT2D eigenvalue weighted by molar-refractivity contribution is 6.44. The number of imidazole rings is 1. The van der Waals surface area contributed by atoms with Crippen LogP contribution < -0.4 is 0 Å². The van der Waals surface area contributed by atoms with Crippen LogP contribution in [0.4, 0.5) is 5.82 Å². The normalized spacial score (nSPS) is 10.7. The lowest BCUT2D eigenvalue weighted by atomic mass is 10.5. The molecule has 1 heterocycles. The summed E-state index contributed by atoms with van der Waals surface area (Å²) in [5.41, 5.74) is 0.0563. The SMILES string of the molecule is Cc1nc(C(Cl)Cl)c([N+](=O)[O-])[nH]1. The average Bonchev–Trinajstić information content (AvgIpc) is 2.31. The number of hydrogen-bond donors (Lipinski definition) is 1. The number of halogens is 2. The number of rotatable bonds is 2. The number of aryl methyl sites for hydroxylation is 1. The van der Waals surface area contributed by atoms with Crippen molar-refractivity contribution in [2.75, 3.05) is 0 Å². The average molecular weight is 210 g/mol. The molecule has 0 amide bonds. The van der Waals surface area contributed by atoms with E-state index in [1.165, 1.54) is 0 Å². The maximum Gasteiger partial charge on any atom is 0.346 e. The molecule has 0 aliphatic heterocycles. The Bertz CT molecular complexity index is 310. The second-order valence-electron chi connectivity index (χ2n) is 2.11. The fourth-order valence-electron chi connectivity index (χ4n) is 0.788. The zero-order valence-corrected chi connectivity index (χ0v) is 7.56. The summed E-state index contributed by atoms with van der Waals surface area (Å²) in [5.74, 6) is 0.172. The van der Waals surface area contributed by atoms with E-state index in [-0.39, 0.29) is 11.5 Å². The van der Waals surface area contributed by atoms with Crippen molar-refractivity contribution in [3.8, 4) is 0 Å². The fourth-order valence-corrected chi connectivity index (χ4v) is 1.09. The molecule has 0 unspecified atom stereocenters. The van der Waals surface area contributed by atoms with Crippen LogP contribution in [0.1, 0.15) is 16.4 Å². The van der Waals surface area contributed by atoms with Gasteiger partial charge in [-0.05, 0) is 4.92 Å². The molecule has 1 aromatic heterocycles. The van der Waals surface area contributed by atoms with Crippen LogP contribution in [0.25, 0.3) is 0 Å². The molecule has 0 saturated heterocycles. The number of H-pyrrole nitrogens is 1. The summed E-state index contributed by atoms with van der Waals surface area (Å²) < 4.78 is 0. The highest BCUT2D eigenvalue weighted by atomic mass is 35.5. The van der Waals surface area contributed by atoms with Crippen LogP contribution in [0.15, 0.2) is 0 Å². The van der Waals surface area contributed by atoms with Gasteiger partial charge in [0.15, 0.2) is 16.4 Å². The zero-order chi connectivity index (χ0) is 9.30. The molecule has 1 rings (SSSR count). The van der Waals surface area contributed by atoms with E-state index in [2.05, 4.69) is 9.97 Å². The highest BCUT2D eigenvalue weighted by Crippen LogP contribution is 2.29. The van der Waals surface area contributed by atoms with Crippen LogP contribution in [0.2, 0.25) is 0 Å². The minimum absolute atomic E-state index is 0.0563. The number of nitro groups is 1. The summed E-state index contributed by atoms with van der Waals surface area (Å²) in [6.45, 7) is 1.59. The van der Waals surface area contributed by atoms with Crippen LogP contribution >= 0.6 is 23.2 Å². The van der Waals surface area contributed by atoms with Crippen molar-refractivity contribution in [3.63, 3.8) is 0 Å². The Morgan fingerprint density at radius 1 is 1.67 bits per heavy atom. The number of hydrogen-bond acceptors (Lipinski definition) is 3. The zero-order valence-electron chi connectivity index (χ0n) is 6.04. The minimum atomic E-state index is -0.977. The first-order valence-electron chi connectivity index (χ1n) is 3.01. The van der Waals surface area contributed by atoms with Gasteiger partial charge in [-0.15, -0.1) is 0 Å². The predicted octanol–water partition coefficient (Wildman–Crippen LogP) is 2.10. The first-order chi connectivity index (χ1) is 5.52. The summed E-state index contributed by atoms with van der Waals surface area (Å²) in [5, 5.41) is 10.4. The van der Waals surface area contributed by atoms with E-state index in [9.17, 15) is 10.1 Å². The molecule has 66 valence electrons.